The number of rotatable bonds is 4. The van der Waals surface area contributed by atoms with Crippen molar-refractivity contribution in [1.29, 1.82) is 0 Å². The molecule has 2 N–H and O–H groups in total. The Morgan fingerprint density at radius 3 is 2.73 bits per heavy atom. The number of nitrogens with two attached hydrogens (primary N) is 1. The molecule has 0 bridgehead atoms. The first kappa shape index (κ1) is 25.9. The highest BCUT2D eigenvalue weighted by Crippen LogP contribution is 2.43. The van der Waals surface area contributed by atoms with E-state index in [1.165, 1.54) is 18.9 Å². The highest BCUT2D eigenvalue weighted by Gasteiger charge is 2.40. The van der Waals surface area contributed by atoms with Crippen molar-refractivity contribution in [3.8, 4) is 6.01 Å². The van der Waals surface area contributed by atoms with E-state index in [-0.39, 0.29) is 24.7 Å². The SMILES string of the molecule is COc1nc2c(c(N3CCCn4nc(SC)c(Cl)c4C3)n1)COC(c1c(C(F)(F)F)ccc(N)c1F)C2. The Kier molecular flexibility index (Phi) is 6.88. The van der Waals surface area contributed by atoms with E-state index in [0.717, 1.165) is 29.3 Å². The summed E-state index contributed by atoms with van der Waals surface area (Å²) in [6.07, 6.45) is -3.49. The van der Waals surface area contributed by atoms with Crippen LogP contribution in [0.15, 0.2) is 17.2 Å². The topological polar surface area (TPSA) is 91.3 Å². The Bertz CT molecular complexity index is 1350. The first-order valence-corrected chi connectivity index (χ1v) is 13.0. The number of hydrogen-bond acceptors (Lipinski definition) is 8. The van der Waals surface area contributed by atoms with Crippen LogP contribution < -0.4 is 15.4 Å². The van der Waals surface area contributed by atoms with Gasteiger partial charge in [0.2, 0.25) is 0 Å². The van der Waals surface area contributed by atoms with E-state index in [9.17, 15) is 17.6 Å². The standard InChI is InChI=1S/C23H23ClF4N6O2S/c1-35-22-30-14-8-16(17-12(23(26,27)28)4-5-13(29)19(17)25)36-10-11(14)20(31-22)33-6-3-7-34-15(9-33)18(24)21(32-34)37-2/h4-5,16H,3,6-10,29H2,1-2H3. The lowest BCUT2D eigenvalue weighted by molar-refractivity contribution is -0.140. The van der Waals surface area contributed by atoms with Crippen LogP contribution in [-0.2, 0) is 37.0 Å². The molecule has 2 aliphatic rings. The monoisotopic (exact) mass is 558 g/mol. The van der Waals surface area contributed by atoms with Crippen molar-refractivity contribution in [2.75, 3.05) is 30.5 Å². The van der Waals surface area contributed by atoms with Gasteiger partial charge in [-0.25, -0.2) is 4.39 Å². The molecular formula is C23H23ClF4N6O2S. The van der Waals surface area contributed by atoms with Crippen molar-refractivity contribution < 1.29 is 27.0 Å². The molecule has 0 saturated heterocycles. The third-order valence-corrected chi connectivity index (χ3v) is 7.65. The molecule has 8 nitrogen and oxygen atoms in total. The molecule has 1 unspecified atom stereocenters. The Morgan fingerprint density at radius 1 is 1.24 bits per heavy atom. The van der Waals surface area contributed by atoms with Gasteiger partial charge in [-0.1, -0.05) is 11.6 Å². The van der Waals surface area contributed by atoms with Crippen molar-refractivity contribution >= 4 is 34.9 Å². The molecule has 198 valence electrons. The Labute approximate surface area is 219 Å². The quantitative estimate of drug-likeness (QED) is 0.271. The summed E-state index contributed by atoms with van der Waals surface area (Å²) in [7, 11) is 1.40. The van der Waals surface area contributed by atoms with Crippen LogP contribution in [0.2, 0.25) is 5.02 Å². The lowest BCUT2D eigenvalue weighted by atomic mass is 9.94. The van der Waals surface area contributed by atoms with Gasteiger partial charge in [-0.15, -0.1) is 11.8 Å². The first-order chi connectivity index (χ1) is 17.6. The molecule has 37 heavy (non-hydrogen) atoms. The zero-order valence-corrected chi connectivity index (χ0v) is 21.5. The third kappa shape index (κ3) is 4.68. The highest BCUT2D eigenvalue weighted by atomic mass is 35.5. The smallest absolute Gasteiger partial charge is 0.416 e. The number of anilines is 2. The average molecular weight is 559 g/mol. The molecule has 2 aliphatic heterocycles. The number of ether oxygens (including phenoxy) is 2. The second-order valence-corrected chi connectivity index (χ2v) is 9.83. The summed E-state index contributed by atoms with van der Waals surface area (Å²) in [5, 5.41) is 5.87. The van der Waals surface area contributed by atoms with Gasteiger partial charge in [-0.3, -0.25) is 4.68 Å². The predicted octanol–water partition coefficient (Wildman–Crippen LogP) is 5.02. The Hall–Kier alpha value is -2.77. The molecule has 0 radical (unpaired) electrons. The van der Waals surface area contributed by atoms with Crippen LogP contribution in [0, 0.1) is 5.82 Å². The molecule has 0 aliphatic carbocycles. The van der Waals surface area contributed by atoms with E-state index < -0.39 is 29.2 Å². The van der Waals surface area contributed by atoms with E-state index in [4.69, 9.17) is 26.8 Å². The van der Waals surface area contributed by atoms with Gasteiger partial charge in [-0.2, -0.15) is 28.2 Å². The molecule has 1 aromatic carbocycles. The largest absolute Gasteiger partial charge is 0.467 e. The fraction of sp³-hybridized carbons (Fsp3) is 0.435. The van der Waals surface area contributed by atoms with E-state index in [0.29, 0.717) is 41.7 Å². The summed E-state index contributed by atoms with van der Waals surface area (Å²) < 4.78 is 69.1. The molecule has 4 heterocycles. The highest BCUT2D eigenvalue weighted by molar-refractivity contribution is 7.98. The number of aromatic nitrogens is 4. The molecule has 2 aromatic heterocycles. The van der Waals surface area contributed by atoms with Gasteiger partial charge in [0.25, 0.3) is 0 Å². The van der Waals surface area contributed by atoms with Crippen molar-refractivity contribution in [2.24, 2.45) is 0 Å². The third-order valence-electron chi connectivity index (χ3n) is 6.47. The van der Waals surface area contributed by atoms with Crippen LogP contribution in [0.1, 0.15) is 40.6 Å². The van der Waals surface area contributed by atoms with Crippen LogP contribution in [0.25, 0.3) is 0 Å². The van der Waals surface area contributed by atoms with E-state index >= 15 is 0 Å². The van der Waals surface area contributed by atoms with E-state index in [1.807, 2.05) is 15.8 Å². The predicted molar refractivity (Wildman–Crippen MR) is 130 cm³/mol. The molecule has 0 fully saturated rings. The number of thioether (sulfide) groups is 1. The zero-order chi connectivity index (χ0) is 26.5. The molecule has 14 heteroatoms. The molecule has 5 rings (SSSR count). The average Bonchev–Trinajstić information content (AvgIpc) is 3.02. The van der Waals surface area contributed by atoms with Crippen molar-refractivity contribution in [3.05, 3.63) is 51.1 Å². The number of benzene rings is 1. The maximum Gasteiger partial charge on any atom is 0.416 e. The lowest BCUT2D eigenvalue weighted by Gasteiger charge is -2.31. The molecule has 0 spiro atoms. The molecule has 3 aromatic rings. The fourth-order valence-corrected chi connectivity index (χ4v) is 5.61. The lowest BCUT2D eigenvalue weighted by Crippen LogP contribution is -2.29. The van der Waals surface area contributed by atoms with Crippen LogP contribution in [0.4, 0.5) is 29.1 Å². The van der Waals surface area contributed by atoms with E-state index in [1.54, 1.807) is 0 Å². The number of halogens is 5. The van der Waals surface area contributed by atoms with Crippen LogP contribution in [-0.4, -0.2) is 39.7 Å². The number of nitrogen functional groups attached to an aromatic ring is 1. The van der Waals surface area contributed by atoms with Gasteiger partial charge in [0.05, 0.1) is 54.0 Å². The van der Waals surface area contributed by atoms with Crippen LogP contribution in [0.5, 0.6) is 6.01 Å². The number of methoxy groups -OCH3 is 1. The summed E-state index contributed by atoms with van der Waals surface area (Å²) in [4.78, 5) is 10.9. The normalized spacial score (nSPS) is 17.8. The number of alkyl halides is 3. The fourth-order valence-electron chi connectivity index (χ4n) is 4.71. The summed E-state index contributed by atoms with van der Waals surface area (Å²) in [6.45, 7) is 1.57. The van der Waals surface area contributed by atoms with Gasteiger partial charge in [-0.05, 0) is 24.8 Å². The summed E-state index contributed by atoms with van der Waals surface area (Å²) in [5.41, 5.74) is 5.31. The summed E-state index contributed by atoms with van der Waals surface area (Å²) in [5.74, 6) is -0.620. The second kappa shape index (κ2) is 9.84. The van der Waals surface area contributed by atoms with Crippen LogP contribution in [0.3, 0.4) is 0 Å². The number of hydrogen-bond donors (Lipinski definition) is 1. The van der Waals surface area contributed by atoms with Gasteiger partial charge in [0, 0.05) is 30.6 Å². The molecular weight excluding hydrogens is 536 g/mol. The zero-order valence-electron chi connectivity index (χ0n) is 19.9. The van der Waals surface area contributed by atoms with Crippen molar-refractivity contribution in [1.82, 2.24) is 19.7 Å². The van der Waals surface area contributed by atoms with Crippen molar-refractivity contribution in [2.45, 2.75) is 49.8 Å². The van der Waals surface area contributed by atoms with Gasteiger partial charge < -0.3 is 20.1 Å². The molecule has 1 atom stereocenters. The number of fused-ring (bicyclic) bond motifs is 2. The van der Waals surface area contributed by atoms with E-state index in [2.05, 4.69) is 15.1 Å². The summed E-state index contributed by atoms with van der Waals surface area (Å²) in [6, 6.07) is 1.72. The Balaban J connectivity index is 1.54. The van der Waals surface area contributed by atoms with Gasteiger partial charge in [0.15, 0.2) is 5.82 Å². The minimum absolute atomic E-state index is 0.0483. The molecule has 0 saturated carbocycles. The van der Waals surface area contributed by atoms with Crippen molar-refractivity contribution in [3.63, 3.8) is 0 Å². The number of nitrogens with zero attached hydrogens (tertiary/aromatic N) is 5. The minimum atomic E-state index is -4.79. The second-order valence-electron chi connectivity index (χ2n) is 8.66. The van der Waals surface area contributed by atoms with Crippen LogP contribution >= 0.6 is 23.4 Å². The molecule has 0 amide bonds. The van der Waals surface area contributed by atoms with Gasteiger partial charge >= 0.3 is 12.2 Å². The number of aryl methyl sites for hydroxylation is 1. The van der Waals surface area contributed by atoms with Gasteiger partial charge in [0.1, 0.15) is 10.8 Å². The summed E-state index contributed by atoms with van der Waals surface area (Å²) >= 11 is 8.04. The maximum absolute atomic E-state index is 14.9. The Morgan fingerprint density at radius 2 is 2.03 bits per heavy atom. The maximum atomic E-state index is 14.9. The minimum Gasteiger partial charge on any atom is -0.467 e. The first-order valence-electron chi connectivity index (χ1n) is 11.4.